The summed E-state index contributed by atoms with van der Waals surface area (Å²) in [5.41, 5.74) is 0. The number of phosphoric ester groups is 2. The zero-order valence-electron chi connectivity index (χ0n) is 62.1. The molecule has 0 aliphatic carbocycles. The van der Waals surface area contributed by atoms with Crippen molar-refractivity contribution in [1.29, 1.82) is 0 Å². The first-order valence-corrected chi connectivity index (χ1v) is 42.3. The van der Waals surface area contributed by atoms with E-state index in [2.05, 4.69) is 48.5 Å². The van der Waals surface area contributed by atoms with Gasteiger partial charge in [0.25, 0.3) is 0 Å². The molecule has 2 unspecified atom stereocenters. The molecule has 0 heterocycles. The van der Waals surface area contributed by atoms with Crippen LogP contribution in [-0.4, -0.2) is 96.7 Å². The fourth-order valence-electron chi connectivity index (χ4n) is 11.6. The Labute approximate surface area is 581 Å². The zero-order chi connectivity index (χ0) is 70.1. The van der Waals surface area contributed by atoms with Gasteiger partial charge >= 0.3 is 39.5 Å². The van der Waals surface area contributed by atoms with Crippen molar-refractivity contribution in [3.05, 3.63) is 0 Å². The fourth-order valence-corrected chi connectivity index (χ4v) is 13.2. The van der Waals surface area contributed by atoms with Crippen LogP contribution in [0.4, 0.5) is 0 Å². The van der Waals surface area contributed by atoms with Gasteiger partial charge in [-0.05, 0) is 43.4 Å². The Balaban J connectivity index is 5.19. The van der Waals surface area contributed by atoms with E-state index in [1.165, 1.54) is 193 Å². The van der Waals surface area contributed by atoms with Gasteiger partial charge < -0.3 is 33.8 Å². The van der Waals surface area contributed by atoms with Gasteiger partial charge in [0.2, 0.25) is 0 Å². The third-order valence-electron chi connectivity index (χ3n) is 17.6. The molecule has 0 aromatic heterocycles. The molecule has 19 heteroatoms. The smallest absolute Gasteiger partial charge is 0.462 e. The minimum atomic E-state index is -4.96. The lowest BCUT2D eigenvalue weighted by molar-refractivity contribution is -0.161. The highest BCUT2D eigenvalue weighted by Crippen LogP contribution is 2.45. The second kappa shape index (κ2) is 66.6. The van der Waals surface area contributed by atoms with Gasteiger partial charge in [-0.1, -0.05) is 337 Å². The Morgan fingerprint density at radius 3 is 0.716 bits per heavy atom. The SMILES string of the molecule is CCCCCCCCCCCCCCCCCCCCCCCC(=O)O[C@H](COC(=O)CCCCCCCCCCCCCCC(C)C)COP(=O)(O)OC[C@@H](O)COP(=O)(O)OC[C@@H](COC(=O)CCCCCCCCC(C)C)OC(=O)CCCCCCCCCC(C)C. The van der Waals surface area contributed by atoms with E-state index in [1.807, 2.05) is 0 Å². The number of phosphoric acid groups is 2. The van der Waals surface area contributed by atoms with Gasteiger partial charge in [-0.3, -0.25) is 37.3 Å². The van der Waals surface area contributed by atoms with Gasteiger partial charge in [0.15, 0.2) is 12.2 Å². The van der Waals surface area contributed by atoms with Crippen molar-refractivity contribution in [2.24, 2.45) is 17.8 Å². The van der Waals surface area contributed by atoms with Gasteiger partial charge in [-0.15, -0.1) is 0 Å². The van der Waals surface area contributed by atoms with Crippen LogP contribution in [0.1, 0.15) is 389 Å². The molecule has 564 valence electrons. The molecule has 0 aromatic carbocycles. The molecule has 17 nitrogen and oxygen atoms in total. The molecular formula is C76H148O17P2. The number of aliphatic hydroxyl groups excluding tert-OH is 1. The summed E-state index contributed by atoms with van der Waals surface area (Å²) in [4.78, 5) is 72.7. The Hall–Kier alpha value is -1.94. The molecular weight excluding hydrogens is 1250 g/mol. The van der Waals surface area contributed by atoms with Crippen LogP contribution in [0.5, 0.6) is 0 Å². The molecule has 0 amide bonds. The summed E-state index contributed by atoms with van der Waals surface area (Å²) in [5.74, 6) is 0.0328. The van der Waals surface area contributed by atoms with Crippen molar-refractivity contribution < 1.29 is 80.2 Å². The summed E-state index contributed by atoms with van der Waals surface area (Å²) in [6, 6.07) is 0. The second-order valence-corrected chi connectivity index (χ2v) is 31.7. The van der Waals surface area contributed by atoms with E-state index in [-0.39, 0.29) is 25.7 Å². The van der Waals surface area contributed by atoms with E-state index in [9.17, 15) is 43.2 Å². The monoisotopic (exact) mass is 1400 g/mol. The maximum absolute atomic E-state index is 13.1. The number of unbranched alkanes of at least 4 members (excludes halogenated alkanes) is 42. The van der Waals surface area contributed by atoms with Crippen LogP contribution in [-0.2, 0) is 65.4 Å². The van der Waals surface area contributed by atoms with Crippen molar-refractivity contribution in [3.63, 3.8) is 0 Å². The van der Waals surface area contributed by atoms with Crippen molar-refractivity contribution in [1.82, 2.24) is 0 Å². The average Bonchev–Trinajstić information content (AvgIpc) is 3.73. The van der Waals surface area contributed by atoms with Crippen LogP contribution < -0.4 is 0 Å². The lowest BCUT2D eigenvalue weighted by atomic mass is 10.0. The number of hydrogen-bond acceptors (Lipinski definition) is 15. The third-order valence-corrected chi connectivity index (χ3v) is 19.5. The highest BCUT2D eigenvalue weighted by Gasteiger charge is 2.30. The summed E-state index contributed by atoms with van der Waals surface area (Å²) in [6.07, 6.45) is 53.2. The number of carbonyl (C=O) groups is 4. The Morgan fingerprint density at radius 1 is 0.284 bits per heavy atom. The summed E-state index contributed by atoms with van der Waals surface area (Å²) in [5, 5.41) is 10.6. The van der Waals surface area contributed by atoms with Crippen molar-refractivity contribution in [2.45, 2.75) is 407 Å². The van der Waals surface area contributed by atoms with E-state index >= 15 is 0 Å². The quantitative estimate of drug-likeness (QED) is 0.0222. The predicted molar refractivity (Wildman–Crippen MR) is 386 cm³/mol. The molecule has 5 atom stereocenters. The molecule has 0 saturated carbocycles. The number of carbonyl (C=O) groups excluding carboxylic acids is 4. The maximum atomic E-state index is 13.1. The predicted octanol–water partition coefficient (Wildman–Crippen LogP) is 22.2. The lowest BCUT2D eigenvalue weighted by Crippen LogP contribution is -2.30. The lowest BCUT2D eigenvalue weighted by Gasteiger charge is -2.21. The van der Waals surface area contributed by atoms with Crippen LogP contribution in [0.25, 0.3) is 0 Å². The second-order valence-electron chi connectivity index (χ2n) is 28.8. The van der Waals surface area contributed by atoms with Gasteiger partial charge in [0.1, 0.15) is 19.3 Å². The molecule has 0 bridgehead atoms. The van der Waals surface area contributed by atoms with Gasteiger partial charge in [-0.25, -0.2) is 9.13 Å². The van der Waals surface area contributed by atoms with Crippen LogP contribution in [0, 0.1) is 17.8 Å². The van der Waals surface area contributed by atoms with Crippen molar-refractivity contribution in [2.75, 3.05) is 39.6 Å². The first-order chi connectivity index (χ1) is 45.7. The summed E-state index contributed by atoms with van der Waals surface area (Å²) < 4.78 is 68.4. The van der Waals surface area contributed by atoms with E-state index in [0.29, 0.717) is 37.5 Å². The molecule has 0 spiro atoms. The average molecular weight is 1400 g/mol. The van der Waals surface area contributed by atoms with Gasteiger partial charge in [0, 0.05) is 25.7 Å². The van der Waals surface area contributed by atoms with Crippen molar-refractivity contribution >= 4 is 39.5 Å². The molecule has 95 heavy (non-hydrogen) atoms. The number of rotatable bonds is 74. The Kier molecular flexibility index (Phi) is 65.2. The molecule has 0 saturated heterocycles. The van der Waals surface area contributed by atoms with E-state index in [4.69, 9.17) is 37.0 Å². The molecule has 0 rings (SSSR count). The van der Waals surface area contributed by atoms with Crippen LogP contribution in [0.2, 0.25) is 0 Å². The normalized spacial score (nSPS) is 14.1. The van der Waals surface area contributed by atoms with Gasteiger partial charge in [-0.2, -0.15) is 0 Å². The highest BCUT2D eigenvalue weighted by molar-refractivity contribution is 7.47. The maximum Gasteiger partial charge on any atom is 0.472 e. The minimum Gasteiger partial charge on any atom is -0.462 e. The molecule has 0 aromatic rings. The molecule has 0 aliphatic heterocycles. The summed E-state index contributed by atoms with van der Waals surface area (Å²) >= 11 is 0. The third kappa shape index (κ3) is 70.3. The number of ether oxygens (including phenoxy) is 4. The minimum absolute atomic E-state index is 0.102. The van der Waals surface area contributed by atoms with Crippen molar-refractivity contribution in [3.8, 4) is 0 Å². The molecule has 3 N–H and O–H groups in total. The van der Waals surface area contributed by atoms with E-state index in [1.54, 1.807) is 0 Å². The largest absolute Gasteiger partial charge is 0.472 e. The van der Waals surface area contributed by atoms with Crippen LogP contribution >= 0.6 is 15.6 Å². The number of esters is 4. The van der Waals surface area contributed by atoms with Gasteiger partial charge in [0.05, 0.1) is 26.4 Å². The number of hydrogen-bond donors (Lipinski definition) is 3. The first kappa shape index (κ1) is 93.1. The first-order valence-electron chi connectivity index (χ1n) is 39.3. The topological polar surface area (TPSA) is 237 Å². The molecule has 0 radical (unpaired) electrons. The fraction of sp³-hybridized carbons (Fsp3) is 0.947. The summed E-state index contributed by atoms with van der Waals surface area (Å²) in [6.45, 7) is 11.8. The Bertz CT molecular complexity index is 1850. The van der Waals surface area contributed by atoms with E-state index in [0.717, 1.165) is 102 Å². The summed E-state index contributed by atoms with van der Waals surface area (Å²) in [7, 11) is -9.91. The highest BCUT2D eigenvalue weighted by atomic mass is 31.2. The standard InChI is InChI=1S/C76H148O17P2/c1-8-9-10-11-12-13-14-15-16-17-18-19-20-21-22-23-28-31-36-45-52-59-75(80)92-71(63-86-73(78)57-50-43-35-30-27-25-24-26-29-33-40-47-54-67(2)3)65-90-94(82,83)88-61-70(77)62-89-95(84,85)91-66-72(64-87-74(79)58-51-44-39-38-42-49-56-69(6)7)93-76(81)60-53-46-37-32-34-41-48-55-68(4)5/h67-72,77H,8-66H2,1-7H3,(H,82,83)(H,84,85)/t70-,71-,72-/m1/s1. The van der Waals surface area contributed by atoms with E-state index < -0.39 is 97.5 Å². The van der Waals surface area contributed by atoms with Crippen LogP contribution in [0.15, 0.2) is 0 Å². The molecule has 0 aliphatic rings. The van der Waals surface area contributed by atoms with Crippen LogP contribution in [0.3, 0.4) is 0 Å². The number of aliphatic hydroxyl groups is 1. The molecule has 0 fully saturated rings. The zero-order valence-corrected chi connectivity index (χ0v) is 63.9. The Morgan fingerprint density at radius 2 is 0.484 bits per heavy atom.